The second-order valence-electron chi connectivity index (χ2n) is 6.07. The number of benzene rings is 2. The summed E-state index contributed by atoms with van der Waals surface area (Å²) in [5, 5.41) is 6.00. The van der Waals surface area contributed by atoms with E-state index in [1.165, 1.54) is 7.11 Å². The fraction of sp³-hybridized carbons (Fsp3) is 0.263. The van der Waals surface area contributed by atoms with Crippen LogP contribution >= 0.6 is 11.6 Å². The molecule has 2 aromatic carbocycles. The van der Waals surface area contributed by atoms with Crippen LogP contribution in [0.25, 0.3) is 0 Å². The van der Waals surface area contributed by atoms with Crippen molar-refractivity contribution in [1.82, 2.24) is 0 Å². The van der Waals surface area contributed by atoms with Gasteiger partial charge in [0, 0.05) is 29.4 Å². The quantitative estimate of drug-likeness (QED) is 0.832. The van der Waals surface area contributed by atoms with Crippen molar-refractivity contribution in [2.24, 2.45) is 0 Å². The SMILES string of the molecule is COc1ccc(Cl)cc1NC(=O)Nc1ccc(N2CCCC2=O)c(C)c1. The van der Waals surface area contributed by atoms with E-state index in [1.807, 2.05) is 19.1 Å². The van der Waals surface area contributed by atoms with Crippen molar-refractivity contribution in [2.75, 3.05) is 29.2 Å². The highest BCUT2D eigenvalue weighted by molar-refractivity contribution is 6.31. The summed E-state index contributed by atoms with van der Waals surface area (Å²) in [6, 6.07) is 10.1. The molecule has 1 fully saturated rings. The van der Waals surface area contributed by atoms with Gasteiger partial charge in [-0.05, 0) is 55.3 Å². The van der Waals surface area contributed by atoms with Gasteiger partial charge in [-0.2, -0.15) is 0 Å². The zero-order valence-corrected chi connectivity index (χ0v) is 15.4. The molecule has 0 atom stereocenters. The van der Waals surface area contributed by atoms with Crippen molar-refractivity contribution in [2.45, 2.75) is 19.8 Å². The summed E-state index contributed by atoms with van der Waals surface area (Å²) in [6.07, 6.45) is 1.46. The summed E-state index contributed by atoms with van der Waals surface area (Å²) in [5.74, 6) is 0.656. The fourth-order valence-electron chi connectivity index (χ4n) is 3.00. The van der Waals surface area contributed by atoms with Gasteiger partial charge < -0.3 is 20.3 Å². The minimum atomic E-state index is -0.407. The molecule has 3 amide bonds. The highest BCUT2D eigenvalue weighted by Crippen LogP contribution is 2.29. The second kappa shape index (κ2) is 7.66. The number of halogens is 1. The standard InChI is InChI=1S/C19H20ClN3O3/c1-12-10-14(6-7-16(12)23-9-3-4-18(23)24)21-19(25)22-15-11-13(20)5-8-17(15)26-2/h5-8,10-11H,3-4,9H2,1-2H3,(H2,21,22,25). The number of hydrogen-bond donors (Lipinski definition) is 2. The number of methoxy groups -OCH3 is 1. The third-order valence-corrected chi connectivity index (χ3v) is 4.46. The number of hydrogen-bond acceptors (Lipinski definition) is 3. The first-order valence-electron chi connectivity index (χ1n) is 8.30. The lowest BCUT2D eigenvalue weighted by atomic mass is 10.1. The predicted octanol–water partition coefficient (Wildman–Crippen LogP) is 4.43. The monoisotopic (exact) mass is 373 g/mol. The molecule has 0 bridgehead atoms. The van der Waals surface area contributed by atoms with Gasteiger partial charge in [-0.15, -0.1) is 0 Å². The van der Waals surface area contributed by atoms with Crippen molar-refractivity contribution in [3.63, 3.8) is 0 Å². The van der Waals surface area contributed by atoms with E-state index >= 15 is 0 Å². The molecule has 3 rings (SSSR count). The van der Waals surface area contributed by atoms with E-state index in [1.54, 1.807) is 29.2 Å². The molecule has 1 aliphatic heterocycles. The van der Waals surface area contributed by atoms with Crippen LogP contribution in [-0.4, -0.2) is 25.6 Å². The summed E-state index contributed by atoms with van der Waals surface area (Å²) in [5.41, 5.74) is 2.93. The van der Waals surface area contributed by atoms with Gasteiger partial charge in [0.1, 0.15) is 5.75 Å². The highest BCUT2D eigenvalue weighted by Gasteiger charge is 2.23. The van der Waals surface area contributed by atoms with Gasteiger partial charge in [0.25, 0.3) is 0 Å². The number of amides is 3. The van der Waals surface area contributed by atoms with Crippen LogP contribution in [0.5, 0.6) is 5.75 Å². The molecular formula is C19H20ClN3O3. The topological polar surface area (TPSA) is 70.7 Å². The number of ether oxygens (including phenoxy) is 1. The Morgan fingerprint density at radius 2 is 2.00 bits per heavy atom. The Hall–Kier alpha value is -2.73. The maximum atomic E-state index is 12.3. The first-order valence-corrected chi connectivity index (χ1v) is 8.68. The minimum absolute atomic E-state index is 0.139. The van der Waals surface area contributed by atoms with Gasteiger partial charge in [-0.3, -0.25) is 4.79 Å². The zero-order valence-electron chi connectivity index (χ0n) is 14.6. The number of aryl methyl sites for hydroxylation is 1. The predicted molar refractivity (Wildman–Crippen MR) is 103 cm³/mol. The van der Waals surface area contributed by atoms with E-state index in [-0.39, 0.29) is 5.91 Å². The summed E-state index contributed by atoms with van der Waals surface area (Å²) in [4.78, 5) is 26.0. The summed E-state index contributed by atoms with van der Waals surface area (Å²) >= 11 is 5.97. The molecule has 0 aliphatic carbocycles. The molecule has 0 unspecified atom stereocenters. The largest absolute Gasteiger partial charge is 0.495 e. The molecule has 0 saturated carbocycles. The van der Waals surface area contributed by atoms with Crippen molar-refractivity contribution in [3.05, 3.63) is 47.0 Å². The zero-order chi connectivity index (χ0) is 18.7. The van der Waals surface area contributed by atoms with Crippen LogP contribution in [0, 0.1) is 6.92 Å². The average Bonchev–Trinajstić information content (AvgIpc) is 3.01. The number of anilines is 3. The summed E-state index contributed by atoms with van der Waals surface area (Å²) < 4.78 is 5.21. The number of nitrogens with zero attached hydrogens (tertiary/aromatic N) is 1. The molecule has 2 aromatic rings. The van der Waals surface area contributed by atoms with Gasteiger partial charge in [-0.25, -0.2) is 4.79 Å². The molecular weight excluding hydrogens is 354 g/mol. The van der Waals surface area contributed by atoms with Gasteiger partial charge in [0.05, 0.1) is 12.8 Å². The van der Waals surface area contributed by atoms with Gasteiger partial charge in [0.15, 0.2) is 0 Å². The van der Waals surface area contributed by atoms with E-state index < -0.39 is 6.03 Å². The molecule has 0 radical (unpaired) electrons. The lowest BCUT2D eigenvalue weighted by Gasteiger charge is -2.19. The number of carbonyl (C=O) groups is 2. The molecule has 0 spiro atoms. The Kier molecular flexibility index (Phi) is 5.32. The van der Waals surface area contributed by atoms with Crippen LogP contribution < -0.4 is 20.3 Å². The molecule has 136 valence electrons. The first-order chi connectivity index (χ1) is 12.5. The van der Waals surface area contributed by atoms with E-state index in [2.05, 4.69) is 10.6 Å². The lowest BCUT2D eigenvalue weighted by molar-refractivity contribution is -0.117. The van der Waals surface area contributed by atoms with E-state index in [0.717, 1.165) is 24.2 Å². The smallest absolute Gasteiger partial charge is 0.323 e. The van der Waals surface area contributed by atoms with Crippen molar-refractivity contribution in [3.8, 4) is 5.75 Å². The molecule has 1 saturated heterocycles. The molecule has 7 heteroatoms. The average molecular weight is 374 g/mol. The van der Waals surface area contributed by atoms with Crippen molar-refractivity contribution >= 4 is 40.6 Å². The van der Waals surface area contributed by atoms with Crippen molar-refractivity contribution < 1.29 is 14.3 Å². The molecule has 1 aliphatic rings. The molecule has 26 heavy (non-hydrogen) atoms. The number of carbonyl (C=O) groups excluding carboxylic acids is 2. The molecule has 0 aromatic heterocycles. The van der Waals surface area contributed by atoms with E-state index in [9.17, 15) is 9.59 Å². The Morgan fingerprint density at radius 3 is 2.65 bits per heavy atom. The summed E-state index contributed by atoms with van der Waals surface area (Å²) in [6.45, 7) is 2.66. The van der Waals surface area contributed by atoms with Crippen LogP contribution in [0.15, 0.2) is 36.4 Å². The number of urea groups is 1. The Bertz CT molecular complexity index is 854. The molecule has 2 N–H and O–H groups in total. The Balaban J connectivity index is 1.71. The third kappa shape index (κ3) is 3.91. The van der Waals surface area contributed by atoms with E-state index in [4.69, 9.17) is 16.3 Å². The van der Waals surface area contributed by atoms with Crippen molar-refractivity contribution in [1.29, 1.82) is 0 Å². The summed E-state index contributed by atoms with van der Waals surface area (Å²) in [7, 11) is 1.52. The first kappa shape index (κ1) is 18.1. The minimum Gasteiger partial charge on any atom is -0.495 e. The van der Waals surface area contributed by atoms with Crippen LogP contribution in [-0.2, 0) is 4.79 Å². The van der Waals surface area contributed by atoms with Gasteiger partial charge in [0.2, 0.25) is 5.91 Å². The Morgan fingerprint density at radius 1 is 1.19 bits per heavy atom. The lowest BCUT2D eigenvalue weighted by Crippen LogP contribution is -2.24. The third-order valence-electron chi connectivity index (χ3n) is 4.23. The number of rotatable bonds is 4. The maximum Gasteiger partial charge on any atom is 0.323 e. The van der Waals surface area contributed by atoms with Crippen LogP contribution in [0.1, 0.15) is 18.4 Å². The fourth-order valence-corrected chi connectivity index (χ4v) is 3.17. The van der Waals surface area contributed by atoms with Crippen LogP contribution in [0.4, 0.5) is 21.9 Å². The maximum absolute atomic E-state index is 12.3. The van der Waals surface area contributed by atoms with E-state index in [0.29, 0.717) is 28.6 Å². The van der Waals surface area contributed by atoms with Crippen LogP contribution in [0.3, 0.4) is 0 Å². The Labute approximate surface area is 157 Å². The second-order valence-corrected chi connectivity index (χ2v) is 6.51. The molecule has 1 heterocycles. The normalized spacial score (nSPS) is 13.7. The highest BCUT2D eigenvalue weighted by atomic mass is 35.5. The van der Waals surface area contributed by atoms with Crippen LogP contribution in [0.2, 0.25) is 5.02 Å². The van der Waals surface area contributed by atoms with Gasteiger partial charge >= 0.3 is 6.03 Å². The van der Waals surface area contributed by atoms with Gasteiger partial charge in [-0.1, -0.05) is 11.6 Å². The molecule has 6 nitrogen and oxygen atoms in total. The number of nitrogens with one attached hydrogen (secondary N) is 2.